The lowest BCUT2D eigenvalue weighted by Gasteiger charge is -2.21. The Morgan fingerprint density at radius 3 is 2.76 bits per heavy atom. The van der Waals surface area contributed by atoms with Crippen LogP contribution < -0.4 is 5.32 Å². The number of carboxylic acid groups (broad SMARTS) is 1. The molecule has 17 heavy (non-hydrogen) atoms. The van der Waals surface area contributed by atoms with E-state index in [1.165, 1.54) is 6.07 Å². The summed E-state index contributed by atoms with van der Waals surface area (Å²) < 4.78 is 5.12. The highest BCUT2D eigenvalue weighted by Gasteiger charge is 2.22. The summed E-state index contributed by atoms with van der Waals surface area (Å²) in [7, 11) is 0. The van der Waals surface area contributed by atoms with Gasteiger partial charge in [-0.2, -0.15) is 0 Å². The molecule has 3 N–H and O–H groups in total. The Morgan fingerprint density at radius 1 is 1.29 bits per heavy atom. The van der Waals surface area contributed by atoms with Crippen LogP contribution >= 0.6 is 0 Å². The van der Waals surface area contributed by atoms with Crippen molar-refractivity contribution >= 4 is 11.9 Å². The molecular weight excluding hydrogens is 222 g/mol. The second kappa shape index (κ2) is 5.23. The highest BCUT2D eigenvalue weighted by Crippen LogP contribution is 2.22. The minimum atomic E-state index is -1.08. The van der Waals surface area contributed by atoms with E-state index in [9.17, 15) is 9.90 Å². The molecule has 1 aliphatic rings. The lowest BCUT2D eigenvalue weighted by Crippen LogP contribution is -2.32. The summed E-state index contributed by atoms with van der Waals surface area (Å²) in [5, 5.41) is 21.7. The van der Waals surface area contributed by atoms with Crippen molar-refractivity contribution in [3.8, 4) is 0 Å². The summed E-state index contributed by atoms with van der Waals surface area (Å²) in [4.78, 5) is 10.7. The molecule has 1 aromatic rings. The topological polar surface area (TPSA) is 82.7 Å². The number of carboxylic acids is 1. The lowest BCUT2D eigenvalue weighted by molar-refractivity contribution is 0.0663. The Balaban J connectivity index is 2.00. The summed E-state index contributed by atoms with van der Waals surface area (Å²) in [5.74, 6) is -0.761. The minimum Gasteiger partial charge on any atom is -0.475 e. The second-order valence-corrected chi connectivity index (χ2v) is 4.43. The maximum absolute atomic E-state index is 10.7. The number of aromatic carboxylic acids is 1. The number of hydrogen-bond acceptors (Lipinski definition) is 4. The molecule has 1 aromatic heterocycles. The predicted molar refractivity (Wildman–Crippen MR) is 62.2 cm³/mol. The molecule has 1 saturated carbocycles. The Labute approximate surface area is 99.4 Å². The fourth-order valence-electron chi connectivity index (χ4n) is 2.17. The number of rotatable bonds is 3. The minimum absolute atomic E-state index is 0.0507. The standard InChI is InChI=1S/C12H17NO4/c14-9-5-3-1-2-4-8(9)13-11-7-6-10(17-11)12(15)16/h6-9,13-14H,1-5H2,(H,15,16). The van der Waals surface area contributed by atoms with Crippen molar-refractivity contribution in [1.82, 2.24) is 0 Å². The summed E-state index contributed by atoms with van der Waals surface area (Å²) in [5.41, 5.74) is 0. The van der Waals surface area contributed by atoms with Gasteiger partial charge in [0.1, 0.15) is 0 Å². The van der Waals surface area contributed by atoms with E-state index in [0.717, 1.165) is 32.1 Å². The van der Waals surface area contributed by atoms with Gasteiger partial charge in [0.05, 0.1) is 12.1 Å². The molecule has 5 heteroatoms. The lowest BCUT2D eigenvalue weighted by atomic mass is 10.1. The van der Waals surface area contributed by atoms with Gasteiger partial charge in [-0.3, -0.25) is 0 Å². The molecule has 0 amide bonds. The quantitative estimate of drug-likeness (QED) is 0.703. The van der Waals surface area contributed by atoms with Crippen LogP contribution in [0.3, 0.4) is 0 Å². The number of carbonyl (C=O) groups is 1. The van der Waals surface area contributed by atoms with Crippen LogP contribution in [0.1, 0.15) is 42.7 Å². The fourth-order valence-corrected chi connectivity index (χ4v) is 2.17. The summed E-state index contributed by atoms with van der Waals surface area (Å²) >= 11 is 0. The molecule has 2 atom stereocenters. The Hall–Kier alpha value is -1.49. The monoisotopic (exact) mass is 239 g/mol. The van der Waals surface area contributed by atoms with Gasteiger partial charge in [0.2, 0.25) is 5.76 Å². The van der Waals surface area contributed by atoms with Gasteiger partial charge < -0.3 is 19.9 Å². The zero-order valence-corrected chi connectivity index (χ0v) is 9.56. The zero-order valence-electron chi connectivity index (χ0n) is 9.56. The third-order valence-electron chi connectivity index (χ3n) is 3.12. The highest BCUT2D eigenvalue weighted by atomic mass is 16.4. The van der Waals surface area contributed by atoms with Crippen LogP contribution in [0.5, 0.6) is 0 Å². The number of aliphatic hydroxyl groups excluding tert-OH is 1. The SMILES string of the molecule is O=C(O)c1ccc(NC2CCCCCC2O)o1. The fraction of sp³-hybridized carbons (Fsp3) is 0.583. The average Bonchev–Trinajstić information content (AvgIpc) is 2.66. The zero-order chi connectivity index (χ0) is 12.3. The van der Waals surface area contributed by atoms with E-state index in [1.807, 2.05) is 0 Å². The van der Waals surface area contributed by atoms with E-state index in [4.69, 9.17) is 9.52 Å². The molecule has 0 aliphatic heterocycles. The molecule has 0 saturated heterocycles. The van der Waals surface area contributed by atoms with Crippen LogP contribution in [0.2, 0.25) is 0 Å². The van der Waals surface area contributed by atoms with Crippen LogP contribution in [0, 0.1) is 0 Å². The molecule has 2 unspecified atom stereocenters. The van der Waals surface area contributed by atoms with E-state index in [0.29, 0.717) is 5.88 Å². The van der Waals surface area contributed by atoms with Crippen LogP contribution in [0.25, 0.3) is 0 Å². The Morgan fingerprint density at radius 2 is 2.06 bits per heavy atom. The van der Waals surface area contributed by atoms with Gasteiger partial charge in [-0.25, -0.2) is 4.79 Å². The molecular formula is C12H17NO4. The molecule has 94 valence electrons. The predicted octanol–water partition coefficient (Wildman–Crippen LogP) is 2.08. The molecule has 5 nitrogen and oxygen atoms in total. The molecule has 1 aliphatic carbocycles. The number of nitrogens with one attached hydrogen (secondary N) is 1. The first-order chi connectivity index (χ1) is 8.16. The first-order valence-corrected chi connectivity index (χ1v) is 5.94. The van der Waals surface area contributed by atoms with Crippen molar-refractivity contribution in [2.24, 2.45) is 0 Å². The molecule has 1 heterocycles. The molecule has 0 spiro atoms. The number of anilines is 1. The van der Waals surface area contributed by atoms with E-state index in [1.54, 1.807) is 6.07 Å². The van der Waals surface area contributed by atoms with E-state index < -0.39 is 12.1 Å². The van der Waals surface area contributed by atoms with Crippen molar-refractivity contribution in [3.63, 3.8) is 0 Å². The Bertz CT molecular complexity index is 388. The van der Waals surface area contributed by atoms with Crippen molar-refractivity contribution < 1.29 is 19.4 Å². The van der Waals surface area contributed by atoms with Crippen molar-refractivity contribution in [3.05, 3.63) is 17.9 Å². The summed E-state index contributed by atoms with van der Waals surface area (Å²) in [6, 6.07) is 2.94. The van der Waals surface area contributed by atoms with Gasteiger partial charge in [0.25, 0.3) is 0 Å². The molecule has 0 bridgehead atoms. The summed E-state index contributed by atoms with van der Waals surface area (Å²) in [6.45, 7) is 0. The number of hydrogen-bond donors (Lipinski definition) is 3. The van der Waals surface area contributed by atoms with Gasteiger partial charge in [-0.15, -0.1) is 0 Å². The number of aliphatic hydroxyl groups is 1. The normalized spacial score (nSPS) is 25.2. The smallest absolute Gasteiger partial charge is 0.371 e. The van der Waals surface area contributed by atoms with E-state index >= 15 is 0 Å². The third kappa shape index (κ3) is 3.00. The average molecular weight is 239 g/mol. The largest absolute Gasteiger partial charge is 0.475 e. The van der Waals surface area contributed by atoms with Crippen molar-refractivity contribution in [2.75, 3.05) is 5.32 Å². The van der Waals surface area contributed by atoms with Crippen molar-refractivity contribution in [1.29, 1.82) is 0 Å². The van der Waals surface area contributed by atoms with Gasteiger partial charge in [-0.1, -0.05) is 19.3 Å². The molecule has 0 radical (unpaired) electrons. The van der Waals surface area contributed by atoms with Gasteiger partial charge >= 0.3 is 5.97 Å². The van der Waals surface area contributed by atoms with Gasteiger partial charge in [-0.05, 0) is 18.9 Å². The van der Waals surface area contributed by atoms with E-state index in [-0.39, 0.29) is 11.8 Å². The Kier molecular flexibility index (Phi) is 3.68. The van der Waals surface area contributed by atoms with E-state index in [2.05, 4.69) is 5.32 Å². The van der Waals surface area contributed by atoms with Gasteiger partial charge in [0.15, 0.2) is 5.88 Å². The molecule has 0 aromatic carbocycles. The summed E-state index contributed by atoms with van der Waals surface area (Å²) in [6.07, 6.45) is 4.51. The second-order valence-electron chi connectivity index (χ2n) is 4.43. The first-order valence-electron chi connectivity index (χ1n) is 5.94. The maximum atomic E-state index is 10.7. The third-order valence-corrected chi connectivity index (χ3v) is 3.12. The van der Waals surface area contributed by atoms with Crippen LogP contribution in [0.4, 0.5) is 5.88 Å². The molecule has 2 rings (SSSR count). The maximum Gasteiger partial charge on any atom is 0.371 e. The van der Waals surface area contributed by atoms with Crippen molar-refractivity contribution in [2.45, 2.75) is 44.2 Å². The highest BCUT2D eigenvalue weighted by molar-refractivity contribution is 5.84. The van der Waals surface area contributed by atoms with Gasteiger partial charge in [0, 0.05) is 6.07 Å². The number of furan rings is 1. The molecule has 1 fully saturated rings. The van der Waals surface area contributed by atoms with Crippen LogP contribution in [-0.4, -0.2) is 28.3 Å². The van der Waals surface area contributed by atoms with Crippen LogP contribution in [-0.2, 0) is 0 Å². The first kappa shape index (κ1) is 12.0. The van der Waals surface area contributed by atoms with Crippen LogP contribution in [0.15, 0.2) is 16.5 Å².